The highest BCUT2D eigenvalue weighted by Gasteiger charge is 2.13. The number of hydrogen-bond donors (Lipinski definition) is 1. The number of carbonyl (C=O) groups is 2. The first-order valence-corrected chi connectivity index (χ1v) is 10.0. The molecule has 0 radical (unpaired) electrons. The normalized spacial score (nSPS) is 11.0. The molecule has 0 aliphatic rings. The molecular formula is C21H17N5O4S. The van der Waals surface area contributed by atoms with Crippen LogP contribution in [0.3, 0.4) is 0 Å². The van der Waals surface area contributed by atoms with Crippen LogP contribution in [-0.2, 0) is 11.2 Å². The van der Waals surface area contributed by atoms with Crippen LogP contribution in [0.25, 0.3) is 4.96 Å². The van der Waals surface area contributed by atoms with Crippen LogP contribution in [0.15, 0.2) is 65.6 Å². The molecule has 0 bridgehead atoms. The van der Waals surface area contributed by atoms with Gasteiger partial charge in [0.15, 0.2) is 16.5 Å². The molecule has 31 heavy (non-hydrogen) atoms. The van der Waals surface area contributed by atoms with Gasteiger partial charge in [0.25, 0.3) is 0 Å². The first-order chi connectivity index (χ1) is 15.1. The zero-order chi connectivity index (χ0) is 21.6. The molecule has 0 spiro atoms. The topological polar surface area (TPSA) is 107 Å². The molecule has 0 unspecified atom stereocenters. The van der Waals surface area contributed by atoms with Crippen LogP contribution in [0, 0.1) is 0 Å². The third-order valence-corrected chi connectivity index (χ3v) is 4.95. The number of hydrazone groups is 1. The number of nitrogens with zero attached hydrogens (tertiary/aromatic N) is 4. The number of hydrogen-bond acceptors (Lipinski definition) is 8. The van der Waals surface area contributed by atoms with Crippen molar-refractivity contribution in [3.63, 3.8) is 0 Å². The maximum Gasteiger partial charge on any atom is 0.345 e. The van der Waals surface area contributed by atoms with E-state index in [0.717, 1.165) is 4.96 Å². The number of ether oxygens (including phenoxy) is 2. The van der Waals surface area contributed by atoms with Crippen LogP contribution in [0.2, 0.25) is 0 Å². The summed E-state index contributed by atoms with van der Waals surface area (Å²) < 4.78 is 12.5. The number of fused-ring (bicyclic) bond motifs is 1. The van der Waals surface area contributed by atoms with E-state index in [1.54, 1.807) is 36.5 Å². The summed E-state index contributed by atoms with van der Waals surface area (Å²) in [5.41, 5.74) is 4.12. The van der Waals surface area contributed by atoms with E-state index in [4.69, 9.17) is 9.47 Å². The lowest BCUT2D eigenvalue weighted by Gasteiger charge is -2.09. The summed E-state index contributed by atoms with van der Waals surface area (Å²) in [7, 11) is 1.47. The predicted molar refractivity (Wildman–Crippen MR) is 115 cm³/mol. The maximum absolute atomic E-state index is 12.2. The van der Waals surface area contributed by atoms with E-state index in [9.17, 15) is 9.59 Å². The summed E-state index contributed by atoms with van der Waals surface area (Å²) in [5.74, 6) is -0.210. The van der Waals surface area contributed by atoms with Crippen molar-refractivity contribution in [2.24, 2.45) is 5.10 Å². The minimum atomic E-state index is -0.542. The van der Waals surface area contributed by atoms with Gasteiger partial charge in [0, 0.05) is 30.2 Å². The van der Waals surface area contributed by atoms with Crippen LogP contribution in [-0.4, -0.2) is 39.6 Å². The summed E-state index contributed by atoms with van der Waals surface area (Å²) >= 11 is 1.50. The fourth-order valence-corrected chi connectivity index (χ4v) is 3.45. The Labute approximate surface area is 181 Å². The number of aromatic nitrogens is 3. The smallest absolute Gasteiger partial charge is 0.345 e. The van der Waals surface area contributed by atoms with Gasteiger partial charge in [-0.3, -0.25) is 14.2 Å². The average molecular weight is 435 g/mol. The molecule has 10 heteroatoms. The molecule has 3 aromatic heterocycles. The minimum absolute atomic E-state index is 0.123. The molecule has 3 heterocycles. The van der Waals surface area contributed by atoms with E-state index in [2.05, 4.69) is 20.5 Å². The van der Waals surface area contributed by atoms with Gasteiger partial charge >= 0.3 is 5.97 Å². The number of carbonyl (C=O) groups excluding carboxylic acids is 2. The molecule has 4 aromatic rings. The molecule has 9 nitrogen and oxygen atoms in total. The Kier molecular flexibility index (Phi) is 5.99. The van der Waals surface area contributed by atoms with Gasteiger partial charge in [0.1, 0.15) is 0 Å². The number of nitrogens with one attached hydrogen (secondary N) is 1. The van der Waals surface area contributed by atoms with Crippen molar-refractivity contribution in [3.05, 3.63) is 77.3 Å². The number of esters is 1. The number of rotatable bonds is 7. The largest absolute Gasteiger partial charge is 0.493 e. The second-order valence-electron chi connectivity index (χ2n) is 6.34. The Hall–Kier alpha value is -4.05. The summed E-state index contributed by atoms with van der Waals surface area (Å²) in [4.78, 5) is 33.4. The van der Waals surface area contributed by atoms with Gasteiger partial charge < -0.3 is 9.47 Å². The van der Waals surface area contributed by atoms with Gasteiger partial charge in [-0.25, -0.2) is 15.2 Å². The Balaban J connectivity index is 1.36. The second kappa shape index (κ2) is 9.18. The van der Waals surface area contributed by atoms with Gasteiger partial charge in [-0.05, 0) is 35.9 Å². The molecule has 0 saturated carbocycles. The van der Waals surface area contributed by atoms with Gasteiger partial charge in [-0.1, -0.05) is 0 Å². The van der Waals surface area contributed by atoms with Crippen molar-refractivity contribution in [1.82, 2.24) is 19.8 Å². The lowest BCUT2D eigenvalue weighted by molar-refractivity contribution is -0.120. The monoisotopic (exact) mass is 435 g/mol. The molecule has 0 atom stereocenters. The maximum atomic E-state index is 12.2. The molecule has 1 N–H and O–H groups in total. The highest BCUT2D eigenvalue weighted by atomic mass is 32.1. The van der Waals surface area contributed by atoms with Crippen LogP contribution in [0.1, 0.15) is 21.6 Å². The number of amides is 1. The number of imidazole rings is 1. The van der Waals surface area contributed by atoms with Crippen molar-refractivity contribution < 1.29 is 19.1 Å². The molecule has 0 aliphatic carbocycles. The molecule has 1 amide bonds. The van der Waals surface area contributed by atoms with E-state index >= 15 is 0 Å². The molecule has 4 rings (SSSR count). The highest BCUT2D eigenvalue weighted by molar-refractivity contribution is 7.15. The average Bonchev–Trinajstić information content (AvgIpc) is 3.37. The van der Waals surface area contributed by atoms with E-state index in [1.165, 1.54) is 30.9 Å². The van der Waals surface area contributed by atoms with Crippen molar-refractivity contribution in [1.29, 1.82) is 0 Å². The first kappa shape index (κ1) is 20.2. The zero-order valence-electron chi connectivity index (χ0n) is 16.4. The van der Waals surface area contributed by atoms with Crippen LogP contribution in [0.4, 0.5) is 0 Å². The lowest BCUT2D eigenvalue weighted by Crippen LogP contribution is -2.19. The van der Waals surface area contributed by atoms with Gasteiger partial charge in [0.05, 0.1) is 31.0 Å². The van der Waals surface area contributed by atoms with Crippen LogP contribution in [0.5, 0.6) is 11.5 Å². The summed E-state index contributed by atoms with van der Waals surface area (Å²) in [5, 5.41) is 5.89. The summed E-state index contributed by atoms with van der Waals surface area (Å²) in [6, 6.07) is 8.18. The number of benzene rings is 1. The van der Waals surface area contributed by atoms with Crippen LogP contribution < -0.4 is 14.9 Å². The Morgan fingerprint density at radius 2 is 2.19 bits per heavy atom. The lowest BCUT2D eigenvalue weighted by atomic mass is 10.2. The fourth-order valence-electron chi connectivity index (χ4n) is 2.74. The third-order valence-electron chi connectivity index (χ3n) is 4.18. The fraction of sp³-hybridized carbons (Fsp3) is 0.0952. The standard InChI is InChI=1S/C21H17N5O4S/c1-29-18-9-14(4-5-17(18)30-20(28)15-3-2-6-22-12-15)11-23-25-19(27)10-16-13-26-7-8-31-21(26)24-16/h2-9,11-13H,10H2,1H3,(H,25,27)/b23-11+. The van der Waals surface area contributed by atoms with Crippen molar-refractivity contribution in [2.75, 3.05) is 7.11 Å². The van der Waals surface area contributed by atoms with Gasteiger partial charge in [-0.15, -0.1) is 11.3 Å². The molecule has 0 aliphatic heterocycles. The minimum Gasteiger partial charge on any atom is -0.493 e. The zero-order valence-corrected chi connectivity index (χ0v) is 17.2. The molecule has 0 saturated heterocycles. The number of pyridine rings is 1. The summed E-state index contributed by atoms with van der Waals surface area (Å²) in [6.07, 6.45) is 8.29. The molecular weight excluding hydrogens is 418 g/mol. The van der Waals surface area contributed by atoms with Crippen molar-refractivity contribution in [2.45, 2.75) is 6.42 Å². The Bertz CT molecular complexity index is 1220. The summed E-state index contributed by atoms with van der Waals surface area (Å²) in [6.45, 7) is 0. The molecule has 1 aromatic carbocycles. The molecule has 0 fully saturated rings. The van der Waals surface area contributed by atoms with Gasteiger partial charge in [-0.2, -0.15) is 5.10 Å². The third kappa shape index (κ3) is 4.93. The van der Waals surface area contributed by atoms with E-state index in [1.807, 2.05) is 22.2 Å². The quantitative estimate of drug-likeness (QED) is 0.207. The van der Waals surface area contributed by atoms with E-state index in [-0.39, 0.29) is 18.1 Å². The van der Waals surface area contributed by atoms with E-state index in [0.29, 0.717) is 22.6 Å². The number of thiazole rings is 1. The van der Waals surface area contributed by atoms with Crippen molar-refractivity contribution in [3.8, 4) is 11.5 Å². The molecule has 156 valence electrons. The van der Waals surface area contributed by atoms with Crippen LogP contribution >= 0.6 is 11.3 Å². The van der Waals surface area contributed by atoms with Crippen molar-refractivity contribution >= 4 is 34.4 Å². The van der Waals surface area contributed by atoms with Gasteiger partial charge in [0.2, 0.25) is 5.91 Å². The SMILES string of the molecule is COc1cc(/C=N/NC(=O)Cc2cn3ccsc3n2)ccc1OC(=O)c1cccnc1. The first-order valence-electron chi connectivity index (χ1n) is 9.15. The number of methoxy groups -OCH3 is 1. The predicted octanol–water partition coefficient (Wildman–Crippen LogP) is 2.71. The highest BCUT2D eigenvalue weighted by Crippen LogP contribution is 2.28. The Morgan fingerprint density at radius 1 is 1.29 bits per heavy atom. The van der Waals surface area contributed by atoms with E-state index < -0.39 is 5.97 Å². The Morgan fingerprint density at radius 3 is 2.97 bits per heavy atom. The second-order valence-corrected chi connectivity index (χ2v) is 7.21.